The van der Waals surface area contributed by atoms with Crippen molar-refractivity contribution in [2.45, 2.75) is 18.9 Å². The van der Waals surface area contributed by atoms with E-state index in [1.165, 1.54) is 0 Å². The number of carbonyl (C=O) groups excluding carboxylic acids is 1. The number of aromatic nitrogens is 1. The Morgan fingerprint density at radius 3 is 2.45 bits per heavy atom. The number of carbonyl (C=O) groups is 1. The van der Waals surface area contributed by atoms with E-state index in [-0.39, 0.29) is 17.4 Å². The highest BCUT2D eigenvalue weighted by molar-refractivity contribution is 5.77. The van der Waals surface area contributed by atoms with Gasteiger partial charge in [0.1, 0.15) is 0 Å². The molecule has 0 saturated carbocycles. The van der Waals surface area contributed by atoms with Crippen LogP contribution in [0.3, 0.4) is 0 Å². The summed E-state index contributed by atoms with van der Waals surface area (Å²) in [6.45, 7) is 2.70. The number of rotatable bonds is 4. The normalized spacial score (nSPS) is 20.5. The Kier molecular flexibility index (Phi) is 5.21. The first-order valence-corrected chi connectivity index (χ1v) is 10.4. The van der Waals surface area contributed by atoms with Crippen LogP contribution in [-0.2, 0) is 11.3 Å². The summed E-state index contributed by atoms with van der Waals surface area (Å²) in [6, 6.07) is 12.2. The van der Waals surface area contributed by atoms with E-state index in [0.29, 0.717) is 19.0 Å². The second-order valence-corrected chi connectivity index (χ2v) is 9.01. The molecule has 4 rings (SSSR count). The predicted molar refractivity (Wildman–Crippen MR) is 116 cm³/mol. The molecule has 0 aliphatic carbocycles. The minimum absolute atomic E-state index is 0.0901. The molecule has 1 aromatic heterocycles. The number of anilines is 1. The maximum atomic E-state index is 13.3. The number of quaternary nitrogens is 1. The minimum Gasteiger partial charge on any atom is -0.378 e. The van der Waals surface area contributed by atoms with Crippen LogP contribution in [0, 0.1) is 5.92 Å². The molecular formula is C23H31N4O2+. The van der Waals surface area contributed by atoms with E-state index in [2.05, 4.69) is 11.0 Å². The summed E-state index contributed by atoms with van der Waals surface area (Å²) in [5, 5.41) is 0. The van der Waals surface area contributed by atoms with Gasteiger partial charge in [-0.2, -0.15) is 0 Å². The summed E-state index contributed by atoms with van der Waals surface area (Å²) in [4.78, 5) is 31.1. The van der Waals surface area contributed by atoms with Gasteiger partial charge in [-0.05, 0) is 42.2 Å². The topological polar surface area (TPSA) is 50.0 Å². The van der Waals surface area contributed by atoms with E-state index in [0.717, 1.165) is 46.9 Å². The first kappa shape index (κ1) is 19.7. The van der Waals surface area contributed by atoms with Crippen molar-refractivity contribution >= 4 is 11.6 Å². The molecule has 1 N–H and O–H groups in total. The molecule has 0 spiro atoms. The number of pyridine rings is 1. The van der Waals surface area contributed by atoms with E-state index in [4.69, 9.17) is 0 Å². The Labute approximate surface area is 172 Å². The number of nitrogens with one attached hydrogen (secondary N) is 1. The van der Waals surface area contributed by atoms with Gasteiger partial charge in [0.25, 0.3) is 11.5 Å². The predicted octanol–water partition coefficient (Wildman–Crippen LogP) is 0.672. The third-order valence-electron chi connectivity index (χ3n) is 6.16. The quantitative estimate of drug-likeness (QED) is 0.828. The van der Waals surface area contributed by atoms with Crippen molar-refractivity contribution < 1.29 is 9.69 Å². The standard InChI is InChI=1S/C23H30N4O2/c1-24(2)15-22(28)26-12-16-11-18(14-26)21-10-9-20(23(29)27(21)13-16)17-5-7-19(8-6-17)25(3)4/h5-10,16,18H,11-15H2,1-4H3/p+1/t16-,18+/m0/s1. The van der Waals surface area contributed by atoms with E-state index >= 15 is 0 Å². The van der Waals surface area contributed by atoms with Gasteiger partial charge in [0.2, 0.25) is 0 Å². The molecular weight excluding hydrogens is 364 g/mol. The number of piperidine rings is 1. The third kappa shape index (κ3) is 3.81. The molecule has 154 valence electrons. The lowest BCUT2D eigenvalue weighted by atomic mass is 9.82. The van der Waals surface area contributed by atoms with Crippen molar-refractivity contribution in [3.05, 3.63) is 52.4 Å². The SMILES string of the molecule is CN(C)c1ccc(-c2ccc3n(c2=O)C[C@H]2C[C@@H]3CN(C(=O)C[NH+](C)C)C2)cc1. The molecule has 6 nitrogen and oxygen atoms in total. The molecule has 3 heterocycles. The van der Waals surface area contributed by atoms with Crippen molar-refractivity contribution in [2.75, 3.05) is 52.7 Å². The van der Waals surface area contributed by atoms with Crippen LogP contribution >= 0.6 is 0 Å². The molecule has 0 unspecified atom stereocenters. The Hall–Kier alpha value is -2.60. The van der Waals surface area contributed by atoms with Gasteiger partial charge >= 0.3 is 0 Å². The summed E-state index contributed by atoms with van der Waals surface area (Å²) in [5.41, 5.74) is 3.99. The van der Waals surface area contributed by atoms with Crippen LogP contribution in [0.15, 0.2) is 41.2 Å². The Balaban J connectivity index is 1.62. The lowest BCUT2D eigenvalue weighted by molar-refractivity contribution is -0.849. The number of likely N-dealkylation sites (tertiary alicyclic amines) is 1. The van der Waals surface area contributed by atoms with Crippen LogP contribution in [0.1, 0.15) is 18.0 Å². The molecule has 2 aromatic rings. The molecule has 6 heteroatoms. The molecule has 1 aromatic carbocycles. The molecule has 1 amide bonds. The fourth-order valence-corrected chi connectivity index (χ4v) is 4.72. The lowest BCUT2D eigenvalue weighted by Crippen LogP contribution is -3.07. The van der Waals surface area contributed by atoms with Crippen LogP contribution in [-0.4, -0.2) is 63.2 Å². The van der Waals surface area contributed by atoms with E-state index in [1.54, 1.807) is 0 Å². The summed E-state index contributed by atoms with van der Waals surface area (Å²) in [5.74, 6) is 0.820. The van der Waals surface area contributed by atoms with E-state index in [1.807, 2.05) is 68.0 Å². The summed E-state index contributed by atoms with van der Waals surface area (Å²) in [7, 11) is 8.03. The maximum absolute atomic E-state index is 13.3. The van der Waals surface area contributed by atoms with Gasteiger partial charge in [-0.15, -0.1) is 0 Å². The maximum Gasteiger partial charge on any atom is 0.277 e. The smallest absolute Gasteiger partial charge is 0.277 e. The number of amides is 1. The fourth-order valence-electron chi connectivity index (χ4n) is 4.72. The summed E-state index contributed by atoms with van der Waals surface area (Å²) in [6.07, 6.45) is 1.06. The lowest BCUT2D eigenvalue weighted by Gasteiger charge is -2.42. The number of nitrogens with zero attached hydrogens (tertiary/aromatic N) is 3. The first-order chi connectivity index (χ1) is 13.8. The third-order valence-corrected chi connectivity index (χ3v) is 6.16. The molecule has 2 atom stereocenters. The number of benzene rings is 1. The monoisotopic (exact) mass is 395 g/mol. The molecule has 2 bridgehead atoms. The first-order valence-electron chi connectivity index (χ1n) is 10.4. The molecule has 1 fully saturated rings. The van der Waals surface area contributed by atoms with Crippen LogP contribution in [0.2, 0.25) is 0 Å². The number of hydrogen-bond donors (Lipinski definition) is 1. The molecule has 1 saturated heterocycles. The summed E-state index contributed by atoms with van der Waals surface area (Å²) < 4.78 is 1.97. The number of likely N-dealkylation sites (N-methyl/N-ethyl adjacent to an activating group) is 1. The van der Waals surface area contributed by atoms with Crippen LogP contribution < -0.4 is 15.4 Å². The zero-order valence-corrected chi connectivity index (χ0v) is 17.8. The average Bonchev–Trinajstić information content (AvgIpc) is 2.68. The van der Waals surface area contributed by atoms with Crippen molar-refractivity contribution in [3.63, 3.8) is 0 Å². The number of fused-ring (bicyclic) bond motifs is 4. The highest BCUT2D eigenvalue weighted by atomic mass is 16.2. The Morgan fingerprint density at radius 2 is 1.79 bits per heavy atom. The van der Waals surface area contributed by atoms with Crippen LogP contribution in [0.5, 0.6) is 0 Å². The van der Waals surface area contributed by atoms with Gasteiger partial charge < -0.3 is 19.3 Å². The van der Waals surface area contributed by atoms with Crippen molar-refractivity contribution in [2.24, 2.45) is 5.92 Å². The highest BCUT2D eigenvalue weighted by Crippen LogP contribution is 2.35. The number of hydrogen-bond acceptors (Lipinski definition) is 3. The molecule has 29 heavy (non-hydrogen) atoms. The van der Waals surface area contributed by atoms with Gasteiger partial charge in [0, 0.05) is 56.6 Å². The molecule has 2 aliphatic heterocycles. The zero-order valence-electron chi connectivity index (χ0n) is 17.8. The Morgan fingerprint density at radius 1 is 1.07 bits per heavy atom. The Bertz CT molecular complexity index is 962. The van der Waals surface area contributed by atoms with Crippen LogP contribution in [0.4, 0.5) is 5.69 Å². The second kappa shape index (κ2) is 7.67. The highest BCUT2D eigenvalue weighted by Gasteiger charge is 2.37. The minimum atomic E-state index is 0.0901. The van der Waals surface area contributed by atoms with Gasteiger partial charge in [0.05, 0.1) is 14.1 Å². The second-order valence-electron chi connectivity index (χ2n) is 9.01. The van der Waals surface area contributed by atoms with Crippen LogP contribution in [0.25, 0.3) is 11.1 Å². The van der Waals surface area contributed by atoms with E-state index < -0.39 is 0 Å². The molecule has 2 aliphatic rings. The zero-order chi connectivity index (χ0) is 20.7. The fraction of sp³-hybridized carbons (Fsp3) is 0.478. The van der Waals surface area contributed by atoms with Crippen molar-refractivity contribution in [3.8, 4) is 11.1 Å². The van der Waals surface area contributed by atoms with Gasteiger partial charge in [0.15, 0.2) is 6.54 Å². The van der Waals surface area contributed by atoms with E-state index in [9.17, 15) is 9.59 Å². The van der Waals surface area contributed by atoms with Gasteiger partial charge in [-0.25, -0.2) is 0 Å². The van der Waals surface area contributed by atoms with Gasteiger partial charge in [-0.1, -0.05) is 12.1 Å². The van der Waals surface area contributed by atoms with Gasteiger partial charge in [-0.3, -0.25) is 9.59 Å². The average molecular weight is 396 g/mol. The van der Waals surface area contributed by atoms with Crippen molar-refractivity contribution in [1.29, 1.82) is 0 Å². The largest absolute Gasteiger partial charge is 0.378 e. The summed E-state index contributed by atoms with van der Waals surface area (Å²) >= 11 is 0. The van der Waals surface area contributed by atoms with Crippen molar-refractivity contribution in [1.82, 2.24) is 9.47 Å². The molecule has 0 radical (unpaired) electrons.